The summed E-state index contributed by atoms with van der Waals surface area (Å²) in [6.07, 6.45) is 7.01. The Kier molecular flexibility index (Phi) is 10.4. The number of methoxy groups -OCH3 is 2. The molecule has 7 nitrogen and oxygen atoms in total. The molecule has 3 aromatic rings. The van der Waals surface area contributed by atoms with E-state index in [4.69, 9.17) is 33.3 Å². The smallest absolute Gasteiger partial charge is 0.266 e. The van der Waals surface area contributed by atoms with Crippen LogP contribution in [0.5, 0.6) is 11.5 Å². The number of thioether (sulfide) groups is 1. The van der Waals surface area contributed by atoms with Crippen LogP contribution >= 0.6 is 46.9 Å². The van der Waals surface area contributed by atoms with Crippen LogP contribution in [0.25, 0.3) is 6.08 Å². The van der Waals surface area contributed by atoms with Crippen LogP contribution in [0.3, 0.4) is 0 Å². The number of nitrogens with one attached hydrogen (secondary N) is 1. The molecule has 1 aliphatic heterocycles. The highest BCUT2D eigenvalue weighted by Crippen LogP contribution is 2.35. The molecule has 1 N–H and O–H groups in total. The molecular formula is C28H28ClN3O4S3. The molecular weight excluding hydrogens is 574 g/mol. The molecule has 204 valence electrons. The van der Waals surface area contributed by atoms with E-state index in [0.29, 0.717) is 50.3 Å². The van der Waals surface area contributed by atoms with Gasteiger partial charge in [0.25, 0.3) is 5.91 Å². The van der Waals surface area contributed by atoms with E-state index in [2.05, 4.69) is 10.3 Å². The van der Waals surface area contributed by atoms with Crippen molar-refractivity contribution in [1.29, 1.82) is 0 Å². The van der Waals surface area contributed by atoms with Crippen LogP contribution in [0.1, 0.15) is 41.7 Å². The van der Waals surface area contributed by atoms with Gasteiger partial charge < -0.3 is 14.8 Å². The number of rotatable bonds is 12. The number of ether oxygens (including phenoxy) is 2. The molecule has 11 heteroatoms. The molecule has 2 heterocycles. The largest absolute Gasteiger partial charge is 0.493 e. The van der Waals surface area contributed by atoms with Crippen molar-refractivity contribution >= 4 is 74.3 Å². The minimum absolute atomic E-state index is 0.0640. The fraction of sp³-hybridized carbons (Fsp3) is 0.286. The molecule has 0 unspecified atom stereocenters. The first kappa shape index (κ1) is 29.1. The molecule has 39 heavy (non-hydrogen) atoms. The maximum absolute atomic E-state index is 12.9. The minimum atomic E-state index is -0.101. The first-order chi connectivity index (χ1) is 18.9. The fourth-order valence-electron chi connectivity index (χ4n) is 3.95. The summed E-state index contributed by atoms with van der Waals surface area (Å²) in [5.41, 5.74) is 1.97. The number of carbonyl (C=O) groups is 2. The lowest BCUT2D eigenvalue weighted by Crippen LogP contribution is -2.29. The lowest BCUT2D eigenvalue weighted by molar-refractivity contribution is -0.122. The molecule has 0 bridgehead atoms. The van der Waals surface area contributed by atoms with Crippen molar-refractivity contribution in [2.75, 3.05) is 26.1 Å². The van der Waals surface area contributed by atoms with Gasteiger partial charge in [0.15, 0.2) is 16.6 Å². The number of nitrogens with zero attached hydrogens (tertiary/aromatic N) is 2. The molecule has 0 atom stereocenters. The highest BCUT2D eigenvalue weighted by molar-refractivity contribution is 8.26. The number of thiazole rings is 1. The van der Waals surface area contributed by atoms with Crippen LogP contribution in [-0.4, -0.2) is 46.8 Å². The standard InChI is InChI=1S/C28H28ClN3O4S3/c1-35-22-12-9-19(15-23(22)36-2)16-24-26(34)32(28(37)39-24)13-5-3-4-6-25(33)31-27-30-17-21(38-27)14-18-7-10-20(29)11-8-18/h7-12,15-17H,3-6,13-14H2,1-2H3,(H,30,31,33). The molecule has 0 radical (unpaired) electrons. The number of amides is 2. The average Bonchev–Trinajstić information content (AvgIpc) is 3.47. The summed E-state index contributed by atoms with van der Waals surface area (Å²) in [6.45, 7) is 0.524. The van der Waals surface area contributed by atoms with E-state index in [1.165, 1.54) is 23.1 Å². The Balaban J connectivity index is 1.19. The normalized spacial score (nSPS) is 14.2. The second-order valence-electron chi connectivity index (χ2n) is 8.74. The monoisotopic (exact) mass is 601 g/mol. The molecule has 0 saturated carbocycles. The van der Waals surface area contributed by atoms with Gasteiger partial charge in [0.1, 0.15) is 4.32 Å². The van der Waals surface area contributed by atoms with Gasteiger partial charge in [0, 0.05) is 35.5 Å². The number of thiocarbonyl (C=S) groups is 1. The van der Waals surface area contributed by atoms with Crippen molar-refractivity contribution < 1.29 is 19.1 Å². The van der Waals surface area contributed by atoms with Gasteiger partial charge in [0.05, 0.1) is 19.1 Å². The Morgan fingerprint density at radius 3 is 2.62 bits per heavy atom. The first-order valence-electron chi connectivity index (χ1n) is 12.3. The third-order valence-electron chi connectivity index (χ3n) is 5.96. The maximum atomic E-state index is 12.9. The fourth-order valence-corrected chi connectivity index (χ4v) is 6.25. The summed E-state index contributed by atoms with van der Waals surface area (Å²) < 4.78 is 11.2. The minimum Gasteiger partial charge on any atom is -0.493 e. The number of hydrogen-bond donors (Lipinski definition) is 1. The zero-order valence-corrected chi connectivity index (χ0v) is 24.8. The maximum Gasteiger partial charge on any atom is 0.266 e. The topological polar surface area (TPSA) is 80.8 Å². The van der Waals surface area contributed by atoms with Gasteiger partial charge >= 0.3 is 0 Å². The van der Waals surface area contributed by atoms with Crippen molar-refractivity contribution in [3.63, 3.8) is 0 Å². The van der Waals surface area contributed by atoms with Crippen LogP contribution in [0.2, 0.25) is 5.02 Å². The summed E-state index contributed by atoms with van der Waals surface area (Å²) in [4.78, 5) is 32.9. The van der Waals surface area contributed by atoms with E-state index >= 15 is 0 Å². The molecule has 1 saturated heterocycles. The van der Waals surface area contributed by atoms with Crippen LogP contribution in [0.15, 0.2) is 53.6 Å². The third-order valence-corrected chi connectivity index (χ3v) is 8.50. The Morgan fingerprint density at radius 2 is 1.87 bits per heavy atom. The summed E-state index contributed by atoms with van der Waals surface area (Å²) in [6, 6.07) is 13.2. The zero-order chi connectivity index (χ0) is 27.8. The zero-order valence-electron chi connectivity index (χ0n) is 21.6. The van der Waals surface area contributed by atoms with Crippen molar-refractivity contribution in [1.82, 2.24) is 9.88 Å². The molecule has 0 aliphatic carbocycles. The quantitative estimate of drug-likeness (QED) is 0.139. The third kappa shape index (κ3) is 8.04. The molecule has 4 rings (SSSR count). The molecule has 1 aliphatic rings. The number of unbranched alkanes of at least 4 members (excludes halogenated alkanes) is 2. The lowest BCUT2D eigenvalue weighted by atomic mass is 10.1. The predicted molar refractivity (Wildman–Crippen MR) is 163 cm³/mol. The lowest BCUT2D eigenvalue weighted by Gasteiger charge is -2.14. The van der Waals surface area contributed by atoms with Gasteiger partial charge in [0.2, 0.25) is 5.91 Å². The van der Waals surface area contributed by atoms with E-state index in [-0.39, 0.29) is 11.8 Å². The van der Waals surface area contributed by atoms with Crippen molar-refractivity contribution in [3.05, 3.63) is 74.6 Å². The van der Waals surface area contributed by atoms with Gasteiger partial charge in [-0.05, 0) is 54.3 Å². The van der Waals surface area contributed by atoms with Crippen LogP contribution in [0, 0.1) is 0 Å². The Morgan fingerprint density at radius 1 is 1.10 bits per heavy atom. The van der Waals surface area contributed by atoms with Crippen LogP contribution < -0.4 is 14.8 Å². The SMILES string of the molecule is COc1ccc(C=C2SC(=S)N(CCCCCC(=O)Nc3ncc(Cc4ccc(Cl)cc4)s3)C2=O)cc1OC. The van der Waals surface area contributed by atoms with E-state index < -0.39 is 0 Å². The second-order valence-corrected chi connectivity index (χ2v) is 12.0. The van der Waals surface area contributed by atoms with Gasteiger partial charge in [-0.1, -0.05) is 60.2 Å². The van der Waals surface area contributed by atoms with Gasteiger partial charge in [-0.25, -0.2) is 4.98 Å². The Hall–Kier alpha value is -2.92. The van der Waals surface area contributed by atoms with Crippen LogP contribution in [0.4, 0.5) is 5.13 Å². The predicted octanol–water partition coefficient (Wildman–Crippen LogP) is 6.80. The van der Waals surface area contributed by atoms with E-state index in [1.54, 1.807) is 31.4 Å². The number of benzene rings is 2. The Bertz CT molecular complexity index is 1370. The number of hydrogen-bond acceptors (Lipinski definition) is 8. The highest BCUT2D eigenvalue weighted by atomic mass is 35.5. The molecule has 2 aromatic carbocycles. The molecule has 1 aromatic heterocycles. The van der Waals surface area contributed by atoms with Gasteiger partial charge in [-0.3, -0.25) is 14.5 Å². The number of halogens is 1. The van der Waals surface area contributed by atoms with Gasteiger partial charge in [-0.15, -0.1) is 11.3 Å². The van der Waals surface area contributed by atoms with Crippen molar-refractivity contribution in [3.8, 4) is 11.5 Å². The highest BCUT2D eigenvalue weighted by Gasteiger charge is 2.31. The van der Waals surface area contributed by atoms with E-state index in [9.17, 15) is 9.59 Å². The van der Waals surface area contributed by atoms with E-state index in [0.717, 1.165) is 35.3 Å². The number of carbonyl (C=O) groups excluding carboxylic acids is 2. The van der Waals surface area contributed by atoms with Crippen molar-refractivity contribution in [2.24, 2.45) is 0 Å². The van der Waals surface area contributed by atoms with E-state index in [1.807, 2.05) is 42.5 Å². The summed E-state index contributed by atoms with van der Waals surface area (Å²) in [7, 11) is 3.15. The molecule has 1 fully saturated rings. The second kappa shape index (κ2) is 13.9. The van der Waals surface area contributed by atoms with Crippen LogP contribution in [-0.2, 0) is 16.0 Å². The average molecular weight is 602 g/mol. The summed E-state index contributed by atoms with van der Waals surface area (Å²) >= 11 is 14.2. The van der Waals surface area contributed by atoms with Gasteiger partial charge in [-0.2, -0.15) is 0 Å². The summed E-state index contributed by atoms with van der Waals surface area (Å²) in [5, 5.41) is 4.19. The molecule has 0 spiro atoms. The molecule has 2 amide bonds. The first-order valence-corrected chi connectivity index (χ1v) is 14.7. The number of aromatic nitrogens is 1. The van der Waals surface area contributed by atoms with Crippen molar-refractivity contribution in [2.45, 2.75) is 32.1 Å². The Labute approximate surface area is 246 Å². The number of anilines is 1. The summed E-state index contributed by atoms with van der Waals surface area (Å²) in [5.74, 6) is 1.06.